The lowest BCUT2D eigenvalue weighted by Crippen LogP contribution is -2.33. The second kappa shape index (κ2) is 9.36. The van der Waals surface area contributed by atoms with E-state index in [0.29, 0.717) is 12.5 Å². The number of amides is 2. The van der Waals surface area contributed by atoms with Crippen LogP contribution in [-0.4, -0.2) is 18.4 Å². The van der Waals surface area contributed by atoms with Gasteiger partial charge in [0, 0.05) is 31.3 Å². The normalized spacial score (nSPS) is 10.7. The average Bonchev–Trinajstić information content (AvgIpc) is 2.63. The molecule has 0 saturated heterocycles. The maximum Gasteiger partial charge on any atom is 0.226 e. The summed E-state index contributed by atoms with van der Waals surface area (Å²) in [5, 5.41) is 2.91. The van der Waals surface area contributed by atoms with Gasteiger partial charge in [-0.2, -0.15) is 0 Å². The minimum absolute atomic E-state index is 0.0497. The quantitative estimate of drug-likeness (QED) is 0.744. The van der Waals surface area contributed by atoms with Crippen LogP contribution in [0.15, 0.2) is 42.5 Å². The maximum absolute atomic E-state index is 12.4. The first kappa shape index (κ1) is 20.7. The van der Waals surface area contributed by atoms with Crippen molar-refractivity contribution in [2.75, 3.05) is 16.8 Å². The summed E-state index contributed by atoms with van der Waals surface area (Å²) in [7, 11) is 0. The maximum atomic E-state index is 12.4. The van der Waals surface area contributed by atoms with E-state index in [2.05, 4.69) is 32.2 Å². The average molecular weight is 367 g/mol. The van der Waals surface area contributed by atoms with E-state index >= 15 is 0 Å². The Hall–Kier alpha value is -2.62. The lowest BCUT2D eigenvalue weighted by Gasteiger charge is -2.27. The van der Waals surface area contributed by atoms with Gasteiger partial charge in [-0.05, 0) is 48.1 Å². The monoisotopic (exact) mass is 366 g/mol. The third-order valence-electron chi connectivity index (χ3n) is 4.75. The second-order valence-corrected chi connectivity index (χ2v) is 7.19. The summed E-state index contributed by atoms with van der Waals surface area (Å²) < 4.78 is 0. The molecule has 0 fully saturated rings. The minimum atomic E-state index is -0.0924. The number of aryl methyl sites for hydroxylation is 2. The van der Waals surface area contributed by atoms with E-state index in [1.807, 2.05) is 43.3 Å². The van der Waals surface area contributed by atoms with E-state index in [0.717, 1.165) is 28.9 Å². The number of hydrogen-bond donors (Lipinski definition) is 1. The lowest BCUT2D eigenvalue weighted by molar-refractivity contribution is -0.117. The van der Waals surface area contributed by atoms with E-state index in [9.17, 15) is 9.59 Å². The zero-order chi connectivity index (χ0) is 20.0. The highest BCUT2D eigenvalue weighted by molar-refractivity contribution is 5.96. The molecule has 4 heteroatoms. The Labute approximate surface area is 162 Å². The van der Waals surface area contributed by atoms with Gasteiger partial charge in [0.2, 0.25) is 11.8 Å². The van der Waals surface area contributed by atoms with E-state index in [1.165, 1.54) is 5.56 Å². The Morgan fingerprint density at radius 2 is 1.74 bits per heavy atom. The van der Waals surface area contributed by atoms with E-state index < -0.39 is 0 Å². The number of nitrogens with zero attached hydrogens (tertiary/aromatic N) is 1. The number of rotatable bonds is 7. The summed E-state index contributed by atoms with van der Waals surface area (Å²) in [6.45, 7) is 10.2. The Morgan fingerprint density at radius 1 is 1.07 bits per heavy atom. The molecule has 0 saturated carbocycles. The van der Waals surface area contributed by atoms with Gasteiger partial charge in [0.25, 0.3) is 0 Å². The van der Waals surface area contributed by atoms with Gasteiger partial charge in [0.15, 0.2) is 0 Å². The molecule has 144 valence electrons. The lowest BCUT2D eigenvalue weighted by atomic mass is 9.97. The standard InChI is InChI=1S/C23H30N2O2/c1-6-19-10-12-20(13-11-19)24-22(27)14-15-25(18(5)26)23-17(4)8-7-9-21(23)16(2)3/h7-13,16H,6,14-15H2,1-5H3,(H,24,27). The molecule has 0 heterocycles. The van der Waals surface area contributed by atoms with Crippen LogP contribution in [0.1, 0.15) is 56.7 Å². The SMILES string of the molecule is CCc1ccc(NC(=O)CCN(C(C)=O)c2c(C)cccc2C(C)C)cc1. The van der Waals surface area contributed by atoms with Crippen molar-refractivity contribution in [3.8, 4) is 0 Å². The van der Waals surface area contributed by atoms with Crippen LogP contribution in [0, 0.1) is 6.92 Å². The molecular formula is C23H30N2O2. The molecule has 4 nitrogen and oxygen atoms in total. The number of hydrogen-bond acceptors (Lipinski definition) is 2. The molecule has 2 aromatic rings. The topological polar surface area (TPSA) is 49.4 Å². The van der Waals surface area contributed by atoms with Gasteiger partial charge in [0.1, 0.15) is 0 Å². The third kappa shape index (κ3) is 5.43. The van der Waals surface area contributed by atoms with Crippen molar-refractivity contribution in [2.45, 2.75) is 53.4 Å². The molecule has 0 aliphatic heterocycles. The van der Waals surface area contributed by atoms with Crippen LogP contribution >= 0.6 is 0 Å². The molecule has 0 spiro atoms. The summed E-state index contributed by atoms with van der Waals surface area (Å²) in [5.41, 5.74) is 5.12. The number of para-hydroxylation sites is 1. The van der Waals surface area contributed by atoms with Crippen LogP contribution in [0.3, 0.4) is 0 Å². The minimum Gasteiger partial charge on any atom is -0.326 e. The van der Waals surface area contributed by atoms with E-state index in [1.54, 1.807) is 11.8 Å². The highest BCUT2D eigenvalue weighted by Crippen LogP contribution is 2.31. The van der Waals surface area contributed by atoms with Crippen LogP contribution in [-0.2, 0) is 16.0 Å². The summed E-state index contributed by atoms with van der Waals surface area (Å²) in [4.78, 5) is 26.4. The van der Waals surface area contributed by atoms with Crippen LogP contribution in [0.2, 0.25) is 0 Å². The van der Waals surface area contributed by atoms with Gasteiger partial charge in [-0.25, -0.2) is 0 Å². The Balaban J connectivity index is 2.11. The van der Waals surface area contributed by atoms with Crippen molar-refractivity contribution in [2.24, 2.45) is 0 Å². The highest BCUT2D eigenvalue weighted by atomic mass is 16.2. The molecule has 0 aromatic heterocycles. The molecule has 0 atom stereocenters. The predicted octanol–water partition coefficient (Wildman–Crippen LogP) is 5.06. The van der Waals surface area contributed by atoms with Gasteiger partial charge in [0.05, 0.1) is 0 Å². The molecule has 0 bridgehead atoms. The summed E-state index contributed by atoms with van der Waals surface area (Å²) in [6.07, 6.45) is 1.22. The predicted molar refractivity (Wildman–Crippen MR) is 112 cm³/mol. The van der Waals surface area contributed by atoms with Crippen LogP contribution < -0.4 is 10.2 Å². The smallest absolute Gasteiger partial charge is 0.226 e. The van der Waals surface area contributed by atoms with Crippen LogP contribution in [0.25, 0.3) is 0 Å². The fraction of sp³-hybridized carbons (Fsp3) is 0.391. The molecule has 0 unspecified atom stereocenters. The molecule has 0 aliphatic carbocycles. The van der Waals surface area contributed by atoms with Crippen molar-refractivity contribution in [3.63, 3.8) is 0 Å². The van der Waals surface area contributed by atoms with Gasteiger partial charge in [-0.15, -0.1) is 0 Å². The van der Waals surface area contributed by atoms with Crippen molar-refractivity contribution in [1.29, 1.82) is 0 Å². The highest BCUT2D eigenvalue weighted by Gasteiger charge is 2.20. The number of anilines is 2. The zero-order valence-electron chi connectivity index (χ0n) is 17.0. The summed E-state index contributed by atoms with van der Waals surface area (Å²) in [5.74, 6) is 0.157. The number of benzene rings is 2. The van der Waals surface area contributed by atoms with Gasteiger partial charge in [-0.1, -0.05) is 51.1 Å². The largest absolute Gasteiger partial charge is 0.326 e. The number of nitrogens with one attached hydrogen (secondary N) is 1. The Kier molecular flexibility index (Phi) is 7.17. The molecule has 2 rings (SSSR count). The molecule has 27 heavy (non-hydrogen) atoms. The second-order valence-electron chi connectivity index (χ2n) is 7.19. The first-order valence-corrected chi connectivity index (χ1v) is 9.59. The van der Waals surface area contributed by atoms with E-state index in [4.69, 9.17) is 0 Å². The van der Waals surface area contributed by atoms with Gasteiger partial charge >= 0.3 is 0 Å². The third-order valence-corrected chi connectivity index (χ3v) is 4.75. The van der Waals surface area contributed by atoms with Gasteiger partial charge in [-0.3, -0.25) is 9.59 Å². The first-order chi connectivity index (χ1) is 12.8. The first-order valence-electron chi connectivity index (χ1n) is 9.59. The Morgan fingerprint density at radius 3 is 2.30 bits per heavy atom. The van der Waals surface area contributed by atoms with Crippen LogP contribution in [0.5, 0.6) is 0 Å². The molecule has 1 N–H and O–H groups in total. The zero-order valence-corrected chi connectivity index (χ0v) is 17.0. The molecule has 2 aromatic carbocycles. The summed E-state index contributed by atoms with van der Waals surface area (Å²) in [6, 6.07) is 13.9. The van der Waals surface area contributed by atoms with Crippen LogP contribution in [0.4, 0.5) is 11.4 Å². The van der Waals surface area contributed by atoms with Gasteiger partial charge < -0.3 is 10.2 Å². The number of carbonyl (C=O) groups excluding carboxylic acids is 2. The van der Waals surface area contributed by atoms with Crippen molar-refractivity contribution >= 4 is 23.2 Å². The van der Waals surface area contributed by atoms with Crippen molar-refractivity contribution < 1.29 is 9.59 Å². The molecular weight excluding hydrogens is 336 g/mol. The summed E-state index contributed by atoms with van der Waals surface area (Å²) >= 11 is 0. The number of carbonyl (C=O) groups is 2. The van der Waals surface area contributed by atoms with Crippen molar-refractivity contribution in [1.82, 2.24) is 0 Å². The molecule has 2 amide bonds. The molecule has 0 radical (unpaired) electrons. The fourth-order valence-electron chi connectivity index (χ4n) is 3.20. The fourth-order valence-corrected chi connectivity index (χ4v) is 3.20. The Bertz CT molecular complexity index is 795. The molecule has 0 aliphatic rings. The van der Waals surface area contributed by atoms with Crippen molar-refractivity contribution in [3.05, 3.63) is 59.2 Å². The van der Waals surface area contributed by atoms with E-state index in [-0.39, 0.29) is 18.2 Å².